The van der Waals surface area contributed by atoms with Crippen molar-refractivity contribution in [1.29, 1.82) is 0 Å². The molecule has 1 aliphatic heterocycles. The zero-order valence-corrected chi connectivity index (χ0v) is 17.1. The standard InChI is InChI=1S/C23H32N2O/c1-7-8-9-10-18-11-12-24-20(13-18)22-16(4)25-21-14-19(22)23(6,15(2)3)17(5)26-21/h11-15,17H,7-10H2,1-6H3. The maximum Gasteiger partial charge on any atom is 0.214 e. The summed E-state index contributed by atoms with van der Waals surface area (Å²) in [6.07, 6.45) is 6.92. The molecule has 2 aromatic rings. The number of hydrogen-bond donors (Lipinski definition) is 0. The van der Waals surface area contributed by atoms with Gasteiger partial charge in [-0.05, 0) is 55.9 Å². The molecule has 2 atom stereocenters. The predicted molar refractivity (Wildman–Crippen MR) is 108 cm³/mol. The second-order valence-electron chi connectivity index (χ2n) is 8.17. The fourth-order valence-electron chi connectivity index (χ4n) is 4.10. The second-order valence-corrected chi connectivity index (χ2v) is 8.17. The summed E-state index contributed by atoms with van der Waals surface area (Å²) in [5.74, 6) is 1.20. The van der Waals surface area contributed by atoms with Crippen molar-refractivity contribution in [2.24, 2.45) is 5.92 Å². The third kappa shape index (κ3) is 3.24. The second kappa shape index (κ2) is 7.38. The highest BCUT2D eigenvalue weighted by Crippen LogP contribution is 2.46. The van der Waals surface area contributed by atoms with Gasteiger partial charge in [-0.2, -0.15) is 0 Å². The zero-order chi connectivity index (χ0) is 18.9. The maximum atomic E-state index is 6.10. The van der Waals surface area contributed by atoms with Crippen LogP contribution in [0.25, 0.3) is 11.3 Å². The van der Waals surface area contributed by atoms with Crippen LogP contribution in [0, 0.1) is 12.8 Å². The molecule has 140 valence electrons. The smallest absolute Gasteiger partial charge is 0.214 e. The van der Waals surface area contributed by atoms with Gasteiger partial charge < -0.3 is 4.74 Å². The number of unbranched alkanes of at least 4 members (excludes halogenated alkanes) is 2. The number of aryl methyl sites for hydroxylation is 2. The molecule has 0 N–H and O–H groups in total. The number of nitrogens with zero attached hydrogens (tertiary/aromatic N) is 2. The van der Waals surface area contributed by atoms with Gasteiger partial charge in [0, 0.05) is 23.2 Å². The van der Waals surface area contributed by atoms with E-state index in [-0.39, 0.29) is 11.5 Å². The van der Waals surface area contributed by atoms with E-state index < -0.39 is 0 Å². The van der Waals surface area contributed by atoms with Crippen LogP contribution < -0.4 is 4.74 Å². The Hall–Kier alpha value is -1.90. The van der Waals surface area contributed by atoms with Crippen molar-refractivity contribution in [1.82, 2.24) is 9.97 Å². The van der Waals surface area contributed by atoms with E-state index in [2.05, 4.69) is 59.7 Å². The van der Waals surface area contributed by atoms with E-state index in [4.69, 9.17) is 14.7 Å². The number of fused-ring (bicyclic) bond motifs is 2. The number of pyridine rings is 2. The minimum Gasteiger partial charge on any atom is -0.474 e. The quantitative estimate of drug-likeness (QED) is 0.609. The predicted octanol–water partition coefficient (Wildman–Crippen LogP) is 5.88. The van der Waals surface area contributed by atoms with E-state index in [0.717, 1.165) is 23.7 Å². The summed E-state index contributed by atoms with van der Waals surface area (Å²) in [4.78, 5) is 9.43. The lowest BCUT2D eigenvalue weighted by Crippen LogP contribution is -2.46. The van der Waals surface area contributed by atoms with Crippen LogP contribution in [0.2, 0.25) is 0 Å². The van der Waals surface area contributed by atoms with Crippen molar-refractivity contribution in [2.45, 2.75) is 78.7 Å². The van der Waals surface area contributed by atoms with Crippen molar-refractivity contribution < 1.29 is 4.74 Å². The molecule has 26 heavy (non-hydrogen) atoms. The number of aromatic nitrogens is 2. The third-order valence-electron chi connectivity index (χ3n) is 6.25. The molecule has 2 bridgehead atoms. The van der Waals surface area contributed by atoms with Crippen LogP contribution in [0.5, 0.6) is 5.88 Å². The van der Waals surface area contributed by atoms with Crippen molar-refractivity contribution >= 4 is 0 Å². The largest absolute Gasteiger partial charge is 0.474 e. The van der Waals surface area contributed by atoms with Crippen molar-refractivity contribution in [3.05, 3.63) is 41.2 Å². The molecule has 2 aromatic heterocycles. The van der Waals surface area contributed by atoms with Gasteiger partial charge in [0.25, 0.3) is 0 Å². The molecule has 3 heterocycles. The van der Waals surface area contributed by atoms with E-state index in [0.29, 0.717) is 5.92 Å². The Morgan fingerprint density at radius 2 is 2.00 bits per heavy atom. The first-order chi connectivity index (χ1) is 12.4. The summed E-state index contributed by atoms with van der Waals surface area (Å²) in [5.41, 5.74) is 5.88. The highest BCUT2D eigenvalue weighted by atomic mass is 16.5. The van der Waals surface area contributed by atoms with E-state index in [1.807, 2.05) is 6.20 Å². The zero-order valence-electron chi connectivity index (χ0n) is 17.1. The lowest BCUT2D eigenvalue weighted by molar-refractivity contribution is 0.0819. The van der Waals surface area contributed by atoms with E-state index in [1.54, 1.807) is 0 Å². The molecule has 0 aromatic carbocycles. The van der Waals surface area contributed by atoms with E-state index >= 15 is 0 Å². The summed E-state index contributed by atoms with van der Waals surface area (Å²) < 4.78 is 6.10. The van der Waals surface area contributed by atoms with Gasteiger partial charge in [0.1, 0.15) is 6.10 Å². The van der Waals surface area contributed by atoms with E-state index in [9.17, 15) is 0 Å². The van der Waals surface area contributed by atoms with Crippen molar-refractivity contribution in [3.63, 3.8) is 0 Å². The van der Waals surface area contributed by atoms with Crippen molar-refractivity contribution in [3.8, 4) is 17.1 Å². The van der Waals surface area contributed by atoms with Gasteiger partial charge in [-0.1, -0.05) is 40.5 Å². The topological polar surface area (TPSA) is 35.0 Å². The molecule has 3 heteroatoms. The average Bonchev–Trinajstić information content (AvgIpc) is 2.59. The summed E-state index contributed by atoms with van der Waals surface area (Å²) in [6.45, 7) is 13.4. The van der Waals surface area contributed by atoms with Crippen LogP contribution in [-0.4, -0.2) is 16.1 Å². The van der Waals surface area contributed by atoms with Gasteiger partial charge in [0.05, 0.1) is 11.4 Å². The number of rotatable bonds is 6. The average molecular weight is 353 g/mol. The summed E-state index contributed by atoms with van der Waals surface area (Å²) in [6, 6.07) is 6.54. The third-order valence-corrected chi connectivity index (χ3v) is 6.25. The van der Waals surface area contributed by atoms with Gasteiger partial charge in [-0.15, -0.1) is 0 Å². The molecule has 0 aliphatic carbocycles. The molecule has 3 rings (SSSR count). The first-order valence-corrected chi connectivity index (χ1v) is 10.0. The molecule has 0 saturated heterocycles. The van der Waals surface area contributed by atoms with Crippen LogP contribution >= 0.6 is 0 Å². The van der Waals surface area contributed by atoms with Crippen LogP contribution in [-0.2, 0) is 11.8 Å². The molecule has 0 radical (unpaired) electrons. The lowest BCUT2D eigenvalue weighted by atomic mass is 9.67. The number of hydrogen-bond acceptors (Lipinski definition) is 3. The fraction of sp³-hybridized carbons (Fsp3) is 0.565. The molecule has 2 unspecified atom stereocenters. The number of ether oxygens (including phenoxy) is 1. The van der Waals surface area contributed by atoms with Crippen molar-refractivity contribution in [2.75, 3.05) is 0 Å². The van der Waals surface area contributed by atoms with Crippen LogP contribution in [0.1, 0.15) is 70.7 Å². The SMILES string of the molecule is CCCCCc1ccnc(-c2c3cc(nc2C)OC(C)C3(C)C(C)C)c1. The minimum absolute atomic E-state index is 0.0596. The van der Waals surface area contributed by atoms with Crippen LogP contribution in [0.4, 0.5) is 0 Å². The first-order valence-electron chi connectivity index (χ1n) is 10.0. The molecule has 0 spiro atoms. The Labute approximate surface area is 158 Å². The summed E-state index contributed by atoms with van der Waals surface area (Å²) >= 11 is 0. The summed E-state index contributed by atoms with van der Waals surface area (Å²) in [5, 5.41) is 0. The summed E-state index contributed by atoms with van der Waals surface area (Å²) in [7, 11) is 0. The Bertz CT molecular complexity index is 784. The van der Waals surface area contributed by atoms with Gasteiger partial charge in [0.15, 0.2) is 0 Å². The highest BCUT2D eigenvalue weighted by Gasteiger charge is 2.43. The molecule has 3 nitrogen and oxygen atoms in total. The molecule has 1 aliphatic rings. The Morgan fingerprint density at radius 3 is 2.69 bits per heavy atom. The minimum atomic E-state index is -0.0596. The van der Waals surface area contributed by atoms with Gasteiger partial charge in [-0.3, -0.25) is 4.98 Å². The van der Waals surface area contributed by atoms with Gasteiger partial charge >= 0.3 is 0 Å². The van der Waals surface area contributed by atoms with Gasteiger partial charge in [0.2, 0.25) is 5.88 Å². The Balaban J connectivity index is 2.09. The highest BCUT2D eigenvalue weighted by molar-refractivity contribution is 5.70. The molecule has 0 amide bonds. The molecule has 0 saturated carbocycles. The Kier molecular flexibility index (Phi) is 5.36. The Morgan fingerprint density at radius 1 is 1.23 bits per heavy atom. The lowest BCUT2D eigenvalue weighted by Gasteiger charge is -2.44. The van der Waals surface area contributed by atoms with E-state index in [1.165, 1.54) is 36.0 Å². The van der Waals surface area contributed by atoms with Crippen LogP contribution in [0.15, 0.2) is 24.4 Å². The fourth-order valence-corrected chi connectivity index (χ4v) is 4.10. The molecule has 0 fully saturated rings. The van der Waals surface area contributed by atoms with Gasteiger partial charge in [-0.25, -0.2) is 4.98 Å². The molecular weight excluding hydrogens is 320 g/mol. The van der Waals surface area contributed by atoms with Crippen LogP contribution in [0.3, 0.4) is 0 Å². The molecular formula is C23H32N2O. The maximum absolute atomic E-state index is 6.10. The first kappa shape index (κ1) is 18.9. The normalized spacial score (nSPS) is 21.7. The monoisotopic (exact) mass is 352 g/mol.